The summed E-state index contributed by atoms with van der Waals surface area (Å²) >= 11 is 0. The maximum Gasteiger partial charge on any atom is 0.325 e. The Morgan fingerprint density at radius 1 is 1.45 bits per heavy atom. The molecule has 0 bridgehead atoms. The van der Waals surface area contributed by atoms with E-state index in [0.29, 0.717) is 12.2 Å². The fourth-order valence-electron chi connectivity index (χ4n) is 2.49. The molecule has 7 heteroatoms. The van der Waals surface area contributed by atoms with Gasteiger partial charge in [0.2, 0.25) is 0 Å². The van der Waals surface area contributed by atoms with Gasteiger partial charge in [-0.1, -0.05) is 0 Å². The van der Waals surface area contributed by atoms with Gasteiger partial charge in [-0.25, -0.2) is 8.42 Å². The molecule has 20 heavy (non-hydrogen) atoms. The van der Waals surface area contributed by atoms with E-state index in [2.05, 4.69) is 9.64 Å². The van der Waals surface area contributed by atoms with Crippen molar-refractivity contribution in [2.45, 2.75) is 44.2 Å². The predicted molar refractivity (Wildman–Crippen MR) is 78.1 cm³/mol. The number of esters is 1. The SMILES string of the molecule is COC(=O)C(C)(N)CCCCN(C)C1CCS(=O)(=O)C1. The molecule has 1 aliphatic rings. The number of hydrogen-bond donors (Lipinski definition) is 1. The van der Waals surface area contributed by atoms with Gasteiger partial charge in [-0.3, -0.25) is 4.79 Å². The van der Waals surface area contributed by atoms with Crippen molar-refractivity contribution in [1.82, 2.24) is 4.90 Å². The molecule has 2 N–H and O–H groups in total. The number of nitrogens with two attached hydrogens (primary N) is 1. The van der Waals surface area contributed by atoms with Crippen LogP contribution in [0.4, 0.5) is 0 Å². The molecule has 1 saturated heterocycles. The lowest BCUT2D eigenvalue weighted by atomic mass is 9.96. The first-order chi connectivity index (χ1) is 9.18. The van der Waals surface area contributed by atoms with Crippen molar-refractivity contribution in [3.05, 3.63) is 0 Å². The fraction of sp³-hybridized carbons (Fsp3) is 0.923. The molecule has 0 spiro atoms. The summed E-state index contributed by atoms with van der Waals surface area (Å²) in [7, 11) is 0.455. The van der Waals surface area contributed by atoms with E-state index >= 15 is 0 Å². The van der Waals surface area contributed by atoms with Crippen LogP contribution in [0.5, 0.6) is 0 Å². The second-order valence-corrected chi connectivity index (χ2v) is 8.13. The van der Waals surface area contributed by atoms with Gasteiger partial charge in [0.1, 0.15) is 5.54 Å². The lowest BCUT2D eigenvalue weighted by Gasteiger charge is -2.24. The van der Waals surface area contributed by atoms with Crippen LogP contribution in [0.3, 0.4) is 0 Å². The minimum Gasteiger partial charge on any atom is -0.468 e. The van der Waals surface area contributed by atoms with Crippen LogP contribution < -0.4 is 5.73 Å². The topological polar surface area (TPSA) is 89.7 Å². The average molecular weight is 306 g/mol. The summed E-state index contributed by atoms with van der Waals surface area (Å²) < 4.78 is 27.5. The third kappa shape index (κ3) is 5.03. The van der Waals surface area contributed by atoms with Crippen LogP contribution >= 0.6 is 0 Å². The summed E-state index contributed by atoms with van der Waals surface area (Å²) in [6, 6.07) is 0.130. The summed E-state index contributed by atoms with van der Waals surface area (Å²) in [6.45, 7) is 2.49. The van der Waals surface area contributed by atoms with E-state index < -0.39 is 21.3 Å². The van der Waals surface area contributed by atoms with Crippen molar-refractivity contribution in [1.29, 1.82) is 0 Å². The van der Waals surface area contributed by atoms with E-state index in [9.17, 15) is 13.2 Å². The van der Waals surface area contributed by atoms with Crippen LogP contribution in [-0.4, -0.2) is 63.1 Å². The number of hydrogen-bond acceptors (Lipinski definition) is 6. The molecular formula is C13H26N2O4S. The average Bonchev–Trinajstić information content (AvgIpc) is 2.73. The lowest BCUT2D eigenvalue weighted by molar-refractivity contribution is -0.146. The van der Waals surface area contributed by atoms with Crippen LogP contribution in [0.15, 0.2) is 0 Å². The number of carbonyl (C=O) groups is 1. The van der Waals surface area contributed by atoms with Gasteiger partial charge >= 0.3 is 5.97 Å². The highest BCUT2D eigenvalue weighted by atomic mass is 32.2. The number of ether oxygens (including phenoxy) is 1. The molecule has 118 valence electrons. The molecule has 0 amide bonds. The van der Waals surface area contributed by atoms with Crippen LogP contribution in [-0.2, 0) is 19.4 Å². The molecule has 1 rings (SSSR count). The standard InChI is InChI=1S/C13H26N2O4S/c1-13(14,12(16)19-3)7-4-5-8-15(2)11-6-9-20(17,18)10-11/h11H,4-10,14H2,1-3H3. The lowest BCUT2D eigenvalue weighted by Crippen LogP contribution is -2.45. The second-order valence-electron chi connectivity index (χ2n) is 5.90. The number of unbranched alkanes of at least 4 members (excludes halogenated alkanes) is 1. The molecule has 6 nitrogen and oxygen atoms in total. The van der Waals surface area contributed by atoms with Crippen molar-refractivity contribution >= 4 is 15.8 Å². The molecular weight excluding hydrogens is 280 g/mol. The normalized spacial score (nSPS) is 24.6. The maximum atomic E-state index is 11.4. The zero-order chi connectivity index (χ0) is 15.4. The van der Waals surface area contributed by atoms with Crippen LogP contribution in [0.1, 0.15) is 32.6 Å². The second kappa shape index (κ2) is 6.87. The highest BCUT2D eigenvalue weighted by molar-refractivity contribution is 7.91. The highest BCUT2D eigenvalue weighted by Crippen LogP contribution is 2.18. The van der Waals surface area contributed by atoms with Crippen molar-refractivity contribution in [3.8, 4) is 0 Å². The molecule has 0 aromatic heterocycles. The van der Waals surface area contributed by atoms with Crippen molar-refractivity contribution in [2.75, 3.05) is 32.2 Å². The summed E-state index contributed by atoms with van der Waals surface area (Å²) in [4.78, 5) is 13.5. The molecule has 2 atom stereocenters. The summed E-state index contributed by atoms with van der Waals surface area (Å²) in [6.07, 6.45) is 2.98. The van der Waals surface area contributed by atoms with Crippen molar-refractivity contribution in [2.24, 2.45) is 5.73 Å². The Labute approximate surface area is 121 Å². The van der Waals surface area contributed by atoms with Crippen LogP contribution in [0.25, 0.3) is 0 Å². The quantitative estimate of drug-likeness (QED) is 0.532. The van der Waals surface area contributed by atoms with Gasteiger partial charge in [0, 0.05) is 6.04 Å². The zero-order valence-corrected chi connectivity index (χ0v) is 13.4. The smallest absolute Gasteiger partial charge is 0.325 e. The van der Waals surface area contributed by atoms with Gasteiger partial charge in [-0.05, 0) is 46.2 Å². The Morgan fingerprint density at radius 3 is 2.60 bits per heavy atom. The third-order valence-electron chi connectivity index (χ3n) is 3.94. The predicted octanol–water partition coefficient (Wildman–Crippen LogP) is 0.166. The first-order valence-electron chi connectivity index (χ1n) is 6.96. The summed E-state index contributed by atoms with van der Waals surface area (Å²) in [5.74, 6) is 0.165. The minimum atomic E-state index is -2.83. The molecule has 0 radical (unpaired) electrons. The molecule has 1 aliphatic heterocycles. The van der Waals surface area contributed by atoms with E-state index in [4.69, 9.17) is 5.73 Å². The van der Waals surface area contributed by atoms with E-state index in [1.165, 1.54) is 7.11 Å². The first-order valence-corrected chi connectivity index (χ1v) is 8.78. The van der Waals surface area contributed by atoms with Gasteiger partial charge in [-0.15, -0.1) is 0 Å². The Balaban J connectivity index is 2.26. The molecule has 1 heterocycles. The van der Waals surface area contributed by atoms with Gasteiger partial charge in [0.25, 0.3) is 0 Å². The number of sulfone groups is 1. The summed E-state index contributed by atoms with van der Waals surface area (Å²) in [5.41, 5.74) is 4.94. The number of methoxy groups -OCH3 is 1. The van der Waals surface area contributed by atoms with Crippen molar-refractivity contribution in [3.63, 3.8) is 0 Å². The number of nitrogens with zero attached hydrogens (tertiary/aromatic N) is 1. The molecule has 0 aromatic carbocycles. The number of carbonyl (C=O) groups excluding carboxylic acids is 1. The first kappa shape index (κ1) is 17.4. The maximum absolute atomic E-state index is 11.4. The Bertz CT molecular complexity index is 434. The number of rotatable bonds is 7. The van der Waals surface area contributed by atoms with E-state index in [1.807, 2.05) is 7.05 Å². The Morgan fingerprint density at radius 2 is 2.10 bits per heavy atom. The van der Waals surface area contributed by atoms with Gasteiger partial charge in [0.15, 0.2) is 9.84 Å². The van der Waals surface area contributed by atoms with E-state index in [-0.39, 0.29) is 11.8 Å². The molecule has 1 fully saturated rings. The van der Waals surface area contributed by atoms with Crippen LogP contribution in [0, 0.1) is 0 Å². The van der Waals surface area contributed by atoms with Gasteiger partial charge < -0.3 is 15.4 Å². The Kier molecular flexibility index (Phi) is 5.97. The summed E-state index contributed by atoms with van der Waals surface area (Å²) in [5, 5.41) is 0. The highest BCUT2D eigenvalue weighted by Gasteiger charge is 2.31. The molecule has 0 aromatic rings. The fourth-order valence-corrected chi connectivity index (χ4v) is 4.30. The van der Waals surface area contributed by atoms with E-state index in [0.717, 1.165) is 25.8 Å². The largest absolute Gasteiger partial charge is 0.468 e. The van der Waals surface area contributed by atoms with Crippen molar-refractivity contribution < 1.29 is 17.9 Å². The zero-order valence-electron chi connectivity index (χ0n) is 12.6. The third-order valence-corrected chi connectivity index (χ3v) is 5.69. The Hall–Kier alpha value is -0.660. The molecule has 2 unspecified atom stereocenters. The van der Waals surface area contributed by atoms with Gasteiger partial charge in [-0.2, -0.15) is 0 Å². The molecule has 0 saturated carbocycles. The van der Waals surface area contributed by atoms with Gasteiger partial charge in [0.05, 0.1) is 18.6 Å². The van der Waals surface area contributed by atoms with E-state index in [1.54, 1.807) is 6.92 Å². The van der Waals surface area contributed by atoms with Crippen LogP contribution in [0.2, 0.25) is 0 Å². The monoisotopic (exact) mass is 306 g/mol. The molecule has 0 aliphatic carbocycles. The minimum absolute atomic E-state index is 0.130.